The van der Waals surface area contributed by atoms with Crippen LogP contribution in [0.15, 0.2) is 60.7 Å². The van der Waals surface area contributed by atoms with Crippen LogP contribution in [0, 0.1) is 5.92 Å². The SMILES string of the molecule is COCOc1cc(O)cc2c1C(=O)O[C@@H](C)[C@H](C)/C=C\[C@@H](OC(=O)c1ccccc1)[C@H]1OC(C)(C)O[C@H]1C/C=C/2. The van der Waals surface area contributed by atoms with Crippen molar-refractivity contribution in [3.8, 4) is 11.5 Å². The quantitative estimate of drug-likeness (QED) is 0.301. The van der Waals surface area contributed by atoms with Crippen molar-refractivity contribution in [2.75, 3.05) is 13.9 Å². The molecule has 0 radical (unpaired) electrons. The van der Waals surface area contributed by atoms with Crippen LogP contribution in [-0.4, -0.2) is 61.2 Å². The molecule has 0 aliphatic carbocycles. The van der Waals surface area contributed by atoms with E-state index in [1.54, 1.807) is 43.3 Å². The Bertz CT molecular complexity index is 1250. The number of carbonyl (C=O) groups is 2. The smallest absolute Gasteiger partial charge is 0.342 e. The van der Waals surface area contributed by atoms with Gasteiger partial charge in [0.25, 0.3) is 0 Å². The molecule has 4 rings (SSSR count). The van der Waals surface area contributed by atoms with Crippen molar-refractivity contribution in [2.45, 2.75) is 64.3 Å². The highest BCUT2D eigenvalue weighted by atomic mass is 16.8. The van der Waals surface area contributed by atoms with Gasteiger partial charge in [-0.3, -0.25) is 0 Å². The second-order valence-corrected chi connectivity index (χ2v) is 10.3. The van der Waals surface area contributed by atoms with Crippen LogP contribution >= 0.6 is 0 Å². The molecule has 2 aromatic carbocycles. The standard InChI is InChI=1S/C31H36O9/c1-19-14-15-24(38-29(33)21-10-7-6-8-11-21)28-25(39-31(3,4)40-28)13-9-12-22-16-23(32)17-26(36-18-35-5)27(22)30(34)37-20(19)2/h6-12,14-17,19-20,24-25,28,32H,13,18H2,1-5H3/b12-9+,15-14-/t19-,20+,24-,25+,28-/m1/s1. The van der Waals surface area contributed by atoms with Gasteiger partial charge >= 0.3 is 11.9 Å². The first-order valence-electron chi connectivity index (χ1n) is 13.2. The Morgan fingerprint density at radius 1 is 1.10 bits per heavy atom. The Morgan fingerprint density at radius 3 is 2.58 bits per heavy atom. The fraction of sp³-hybridized carbons (Fsp3) is 0.419. The second-order valence-electron chi connectivity index (χ2n) is 10.3. The molecular formula is C31H36O9. The molecule has 0 amide bonds. The third kappa shape index (κ3) is 7.10. The summed E-state index contributed by atoms with van der Waals surface area (Å²) in [7, 11) is 1.46. The molecule has 214 valence electrons. The number of rotatable bonds is 5. The molecule has 1 N–H and O–H groups in total. The van der Waals surface area contributed by atoms with E-state index in [2.05, 4.69) is 0 Å². The van der Waals surface area contributed by atoms with Gasteiger partial charge in [0.2, 0.25) is 0 Å². The average molecular weight is 553 g/mol. The van der Waals surface area contributed by atoms with Gasteiger partial charge in [-0.25, -0.2) is 9.59 Å². The number of fused-ring (bicyclic) bond motifs is 2. The lowest BCUT2D eigenvalue weighted by Gasteiger charge is -2.25. The van der Waals surface area contributed by atoms with Crippen LogP contribution in [0.25, 0.3) is 6.08 Å². The van der Waals surface area contributed by atoms with Crippen molar-refractivity contribution in [1.82, 2.24) is 0 Å². The van der Waals surface area contributed by atoms with Gasteiger partial charge in [0.15, 0.2) is 12.6 Å². The number of ether oxygens (including phenoxy) is 6. The van der Waals surface area contributed by atoms with Crippen LogP contribution in [0.5, 0.6) is 11.5 Å². The largest absolute Gasteiger partial charge is 0.508 e. The van der Waals surface area contributed by atoms with Gasteiger partial charge < -0.3 is 33.5 Å². The zero-order chi connectivity index (χ0) is 28.9. The maximum absolute atomic E-state index is 13.4. The van der Waals surface area contributed by atoms with Crippen molar-refractivity contribution < 1.29 is 43.1 Å². The van der Waals surface area contributed by atoms with E-state index in [1.165, 1.54) is 19.2 Å². The van der Waals surface area contributed by atoms with Crippen molar-refractivity contribution >= 4 is 18.0 Å². The zero-order valence-electron chi connectivity index (χ0n) is 23.4. The highest BCUT2D eigenvalue weighted by molar-refractivity contribution is 5.97. The first-order chi connectivity index (χ1) is 19.1. The zero-order valence-corrected chi connectivity index (χ0v) is 23.4. The Labute approximate surface area is 234 Å². The molecule has 1 fully saturated rings. The Balaban J connectivity index is 1.73. The van der Waals surface area contributed by atoms with E-state index in [0.717, 1.165) is 0 Å². The number of carbonyl (C=O) groups excluding carboxylic acids is 2. The van der Waals surface area contributed by atoms with Crippen LogP contribution < -0.4 is 4.74 Å². The molecule has 2 aromatic rings. The lowest BCUT2D eigenvalue weighted by atomic mass is 9.98. The third-order valence-electron chi connectivity index (χ3n) is 6.76. The third-order valence-corrected chi connectivity index (χ3v) is 6.76. The molecule has 0 saturated carbocycles. The number of hydrogen-bond donors (Lipinski definition) is 1. The summed E-state index contributed by atoms with van der Waals surface area (Å²) in [6, 6.07) is 11.6. The van der Waals surface area contributed by atoms with Gasteiger partial charge in [-0.15, -0.1) is 0 Å². The molecular weight excluding hydrogens is 516 g/mol. The van der Waals surface area contributed by atoms with Crippen LogP contribution in [0.4, 0.5) is 0 Å². The van der Waals surface area contributed by atoms with E-state index in [9.17, 15) is 14.7 Å². The Kier molecular flexibility index (Phi) is 9.29. The van der Waals surface area contributed by atoms with E-state index in [0.29, 0.717) is 17.5 Å². The fourth-order valence-corrected chi connectivity index (χ4v) is 4.62. The maximum atomic E-state index is 13.4. The molecule has 2 aliphatic rings. The van der Waals surface area contributed by atoms with Crippen LogP contribution in [0.3, 0.4) is 0 Å². The molecule has 0 aromatic heterocycles. The molecule has 2 heterocycles. The van der Waals surface area contributed by atoms with E-state index >= 15 is 0 Å². The summed E-state index contributed by atoms with van der Waals surface area (Å²) in [4.78, 5) is 26.4. The van der Waals surface area contributed by atoms with E-state index < -0.39 is 42.1 Å². The van der Waals surface area contributed by atoms with Crippen LogP contribution in [-0.2, 0) is 23.7 Å². The summed E-state index contributed by atoms with van der Waals surface area (Å²) in [5.41, 5.74) is 0.995. The normalized spacial score (nSPS) is 27.8. The van der Waals surface area contributed by atoms with Gasteiger partial charge in [0.05, 0.1) is 11.7 Å². The molecule has 0 bridgehead atoms. The number of benzene rings is 2. The number of phenols is 1. The average Bonchev–Trinajstić information content (AvgIpc) is 3.22. The topological polar surface area (TPSA) is 110 Å². The first kappa shape index (κ1) is 29.3. The fourth-order valence-electron chi connectivity index (χ4n) is 4.62. The van der Waals surface area contributed by atoms with Gasteiger partial charge in [0, 0.05) is 19.1 Å². The lowest BCUT2D eigenvalue weighted by Crippen LogP contribution is -2.37. The summed E-state index contributed by atoms with van der Waals surface area (Å²) in [5, 5.41) is 10.3. The summed E-state index contributed by atoms with van der Waals surface area (Å²) >= 11 is 0. The molecule has 2 aliphatic heterocycles. The van der Waals surface area contributed by atoms with Crippen molar-refractivity contribution in [1.29, 1.82) is 0 Å². The highest BCUT2D eigenvalue weighted by Crippen LogP contribution is 2.35. The molecule has 5 atom stereocenters. The molecule has 9 heteroatoms. The van der Waals surface area contributed by atoms with E-state index in [1.807, 2.05) is 39.0 Å². The predicted octanol–water partition coefficient (Wildman–Crippen LogP) is 5.28. The maximum Gasteiger partial charge on any atom is 0.342 e. The molecule has 1 saturated heterocycles. The van der Waals surface area contributed by atoms with Gasteiger partial charge in [-0.1, -0.05) is 43.4 Å². The number of esters is 2. The lowest BCUT2D eigenvalue weighted by molar-refractivity contribution is -0.152. The minimum absolute atomic E-state index is 0.0832. The van der Waals surface area contributed by atoms with Gasteiger partial charge in [-0.05, 0) is 57.0 Å². The first-order valence-corrected chi connectivity index (χ1v) is 13.2. The number of aromatic hydroxyl groups is 1. The number of methoxy groups -OCH3 is 1. The monoisotopic (exact) mass is 552 g/mol. The van der Waals surface area contributed by atoms with Gasteiger partial charge in [-0.2, -0.15) is 0 Å². The van der Waals surface area contributed by atoms with E-state index in [-0.39, 0.29) is 29.8 Å². The Morgan fingerprint density at radius 2 is 1.85 bits per heavy atom. The van der Waals surface area contributed by atoms with Crippen LogP contribution in [0.2, 0.25) is 0 Å². The van der Waals surface area contributed by atoms with Crippen molar-refractivity contribution in [3.05, 3.63) is 77.4 Å². The predicted molar refractivity (Wildman–Crippen MR) is 147 cm³/mol. The van der Waals surface area contributed by atoms with Crippen LogP contribution in [0.1, 0.15) is 60.4 Å². The minimum atomic E-state index is -0.919. The molecule has 9 nitrogen and oxygen atoms in total. The van der Waals surface area contributed by atoms with Gasteiger partial charge in [0.1, 0.15) is 35.4 Å². The van der Waals surface area contributed by atoms with Crippen molar-refractivity contribution in [2.24, 2.45) is 5.92 Å². The summed E-state index contributed by atoms with van der Waals surface area (Å²) in [5.74, 6) is -2.21. The molecule has 0 unspecified atom stereocenters. The van der Waals surface area contributed by atoms with E-state index in [4.69, 9.17) is 28.4 Å². The Hall–Kier alpha value is -3.66. The van der Waals surface area contributed by atoms with Crippen molar-refractivity contribution in [3.63, 3.8) is 0 Å². The highest BCUT2D eigenvalue weighted by Gasteiger charge is 2.45. The second kappa shape index (κ2) is 12.7. The number of phenolic OH excluding ortho intramolecular Hbond substituents is 1. The number of cyclic esters (lactones) is 1. The summed E-state index contributed by atoms with van der Waals surface area (Å²) < 4.78 is 34.8. The number of hydrogen-bond acceptors (Lipinski definition) is 9. The minimum Gasteiger partial charge on any atom is -0.508 e. The molecule has 0 spiro atoms. The summed E-state index contributed by atoms with van der Waals surface area (Å²) in [6.07, 6.45) is 5.08. The molecule has 40 heavy (non-hydrogen) atoms. The summed E-state index contributed by atoms with van der Waals surface area (Å²) in [6.45, 7) is 7.16.